The van der Waals surface area contributed by atoms with Crippen LogP contribution in [-0.4, -0.2) is 31.4 Å². The van der Waals surface area contributed by atoms with E-state index in [-0.39, 0.29) is 23.8 Å². The molecule has 0 aromatic carbocycles. The molecule has 0 radical (unpaired) electrons. The Hall–Kier alpha value is -2.84. The van der Waals surface area contributed by atoms with Crippen LogP contribution < -0.4 is 16.8 Å². The summed E-state index contributed by atoms with van der Waals surface area (Å²) >= 11 is 0. The van der Waals surface area contributed by atoms with E-state index >= 15 is 0 Å². The van der Waals surface area contributed by atoms with Crippen molar-refractivity contribution in [3.05, 3.63) is 24.3 Å². The SMILES string of the molecule is Cn1cc(NC(=O)Cn2cc(N)cn2)c(C(N)=O)n1. The third kappa shape index (κ3) is 2.89. The van der Waals surface area contributed by atoms with Crippen molar-refractivity contribution in [3.8, 4) is 0 Å². The number of nitrogens with one attached hydrogen (secondary N) is 1. The third-order valence-corrected chi connectivity index (χ3v) is 2.30. The van der Waals surface area contributed by atoms with Gasteiger partial charge in [0.25, 0.3) is 5.91 Å². The quantitative estimate of drug-likeness (QED) is 0.646. The molecule has 9 nitrogen and oxygen atoms in total. The summed E-state index contributed by atoms with van der Waals surface area (Å²) in [6.45, 7) is -0.0235. The van der Waals surface area contributed by atoms with Crippen LogP contribution in [0, 0.1) is 0 Å². The number of nitrogen functional groups attached to an aromatic ring is 1. The number of amides is 2. The zero-order valence-corrected chi connectivity index (χ0v) is 10.2. The van der Waals surface area contributed by atoms with E-state index in [4.69, 9.17) is 11.5 Å². The molecule has 2 aromatic heterocycles. The van der Waals surface area contributed by atoms with E-state index < -0.39 is 5.91 Å². The first-order valence-electron chi connectivity index (χ1n) is 5.37. The number of carbonyl (C=O) groups is 2. The van der Waals surface area contributed by atoms with Gasteiger partial charge in [0.1, 0.15) is 6.54 Å². The molecular weight excluding hydrogens is 250 g/mol. The maximum atomic E-state index is 11.8. The number of anilines is 2. The fraction of sp³-hybridized carbons (Fsp3) is 0.200. The average molecular weight is 263 g/mol. The predicted octanol–water partition coefficient (Wildman–Crippen LogP) is -1.06. The minimum Gasteiger partial charge on any atom is -0.396 e. The number of nitrogens with two attached hydrogens (primary N) is 2. The molecule has 2 heterocycles. The lowest BCUT2D eigenvalue weighted by atomic mass is 10.3. The van der Waals surface area contributed by atoms with E-state index in [2.05, 4.69) is 15.5 Å². The van der Waals surface area contributed by atoms with E-state index in [9.17, 15) is 9.59 Å². The largest absolute Gasteiger partial charge is 0.396 e. The monoisotopic (exact) mass is 263 g/mol. The molecule has 19 heavy (non-hydrogen) atoms. The zero-order valence-electron chi connectivity index (χ0n) is 10.2. The Labute approximate surface area is 108 Å². The summed E-state index contributed by atoms with van der Waals surface area (Å²) in [7, 11) is 1.62. The van der Waals surface area contributed by atoms with Gasteiger partial charge in [0.2, 0.25) is 5.91 Å². The number of carbonyl (C=O) groups excluding carboxylic acids is 2. The van der Waals surface area contributed by atoms with Gasteiger partial charge in [-0.2, -0.15) is 10.2 Å². The maximum absolute atomic E-state index is 11.8. The lowest BCUT2D eigenvalue weighted by Gasteiger charge is -2.03. The zero-order chi connectivity index (χ0) is 14.0. The van der Waals surface area contributed by atoms with Crippen LogP contribution >= 0.6 is 0 Å². The van der Waals surface area contributed by atoms with Crippen molar-refractivity contribution in [2.75, 3.05) is 11.1 Å². The first-order chi connectivity index (χ1) is 8.95. The highest BCUT2D eigenvalue weighted by Crippen LogP contribution is 2.12. The van der Waals surface area contributed by atoms with Crippen molar-refractivity contribution in [3.63, 3.8) is 0 Å². The van der Waals surface area contributed by atoms with E-state index in [1.807, 2.05) is 0 Å². The Morgan fingerprint density at radius 1 is 1.42 bits per heavy atom. The minimum absolute atomic E-state index is 0.0100. The van der Waals surface area contributed by atoms with Crippen molar-refractivity contribution in [2.45, 2.75) is 6.54 Å². The van der Waals surface area contributed by atoms with Gasteiger partial charge in [0.15, 0.2) is 5.69 Å². The Morgan fingerprint density at radius 3 is 2.74 bits per heavy atom. The average Bonchev–Trinajstić information content (AvgIpc) is 2.85. The fourth-order valence-electron chi connectivity index (χ4n) is 1.56. The van der Waals surface area contributed by atoms with Crippen molar-refractivity contribution >= 4 is 23.2 Å². The first-order valence-corrected chi connectivity index (χ1v) is 5.37. The van der Waals surface area contributed by atoms with Crippen molar-refractivity contribution in [1.29, 1.82) is 0 Å². The maximum Gasteiger partial charge on any atom is 0.271 e. The van der Waals surface area contributed by atoms with Gasteiger partial charge in [-0.3, -0.25) is 19.0 Å². The van der Waals surface area contributed by atoms with Crippen LogP contribution in [0.25, 0.3) is 0 Å². The molecule has 0 aliphatic carbocycles. The van der Waals surface area contributed by atoms with E-state index in [1.165, 1.54) is 28.0 Å². The first kappa shape index (κ1) is 12.6. The van der Waals surface area contributed by atoms with Gasteiger partial charge >= 0.3 is 0 Å². The van der Waals surface area contributed by atoms with Gasteiger partial charge < -0.3 is 16.8 Å². The van der Waals surface area contributed by atoms with Crippen LogP contribution in [0.15, 0.2) is 18.6 Å². The van der Waals surface area contributed by atoms with Gasteiger partial charge in [-0.15, -0.1) is 0 Å². The van der Waals surface area contributed by atoms with Gasteiger partial charge in [0.05, 0.1) is 17.6 Å². The topological polar surface area (TPSA) is 134 Å². The summed E-state index contributed by atoms with van der Waals surface area (Å²) in [4.78, 5) is 22.9. The molecule has 0 aliphatic rings. The number of nitrogens with zero attached hydrogens (tertiary/aromatic N) is 4. The fourth-order valence-corrected chi connectivity index (χ4v) is 1.56. The van der Waals surface area contributed by atoms with Gasteiger partial charge in [-0.25, -0.2) is 0 Å². The molecule has 2 aromatic rings. The number of rotatable bonds is 4. The molecule has 0 fully saturated rings. The van der Waals surface area contributed by atoms with E-state index in [0.29, 0.717) is 5.69 Å². The molecular formula is C10H13N7O2. The third-order valence-electron chi connectivity index (χ3n) is 2.30. The minimum atomic E-state index is -0.709. The van der Waals surface area contributed by atoms with Crippen molar-refractivity contribution in [2.24, 2.45) is 12.8 Å². The predicted molar refractivity (Wildman–Crippen MR) is 67.0 cm³/mol. The second kappa shape index (κ2) is 4.80. The molecule has 0 aliphatic heterocycles. The number of hydrogen-bond donors (Lipinski definition) is 3. The van der Waals surface area contributed by atoms with Crippen molar-refractivity contribution < 1.29 is 9.59 Å². The van der Waals surface area contributed by atoms with Crippen LogP contribution in [0.2, 0.25) is 0 Å². The lowest BCUT2D eigenvalue weighted by molar-refractivity contribution is -0.116. The van der Waals surface area contributed by atoms with Crippen molar-refractivity contribution in [1.82, 2.24) is 19.6 Å². The number of aromatic nitrogens is 4. The van der Waals surface area contributed by atoms with E-state index in [1.54, 1.807) is 7.05 Å². The van der Waals surface area contributed by atoms with Crippen LogP contribution in [0.1, 0.15) is 10.5 Å². The lowest BCUT2D eigenvalue weighted by Crippen LogP contribution is -2.21. The summed E-state index contributed by atoms with van der Waals surface area (Å²) < 4.78 is 2.77. The summed E-state index contributed by atoms with van der Waals surface area (Å²) in [6.07, 6.45) is 4.46. The van der Waals surface area contributed by atoms with Crippen LogP contribution in [0.5, 0.6) is 0 Å². The molecule has 0 saturated carbocycles. The molecule has 2 rings (SSSR count). The molecule has 9 heteroatoms. The smallest absolute Gasteiger partial charge is 0.271 e. The molecule has 0 spiro atoms. The van der Waals surface area contributed by atoms with Gasteiger partial charge in [-0.1, -0.05) is 0 Å². The Kier molecular flexibility index (Phi) is 3.19. The second-order valence-corrected chi connectivity index (χ2v) is 3.95. The molecule has 2 amide bonds. The summed E-state index contributed by atoms with van der Waals surface area (Å²) in [5.41, 5.74) is 11.4. The summed E-state index contributed by atoms with van der Waals surface area (Å²) in [5, 5.41) is 10.3. The van der Waals surface area contributed by atoms with Crippen LogP contribution in [0.3, 0.4) is 0 Å². The highest BCUT2D eigenvalue weighted by atomic mass is 16.2. The molecule has 100 valence electrons. The Balaban J connectivity index is 2.08. The molecule has 0 unspecified atom stereocenters. The van der Waals surface area contributed by atoms with Crippen LogP contribution in [-0.2, 0) is 18.4 Å². The second-order valence-electron chi connectivity index (χ2n) is 3.95. The number of primary amides is 1. The highest BCUT2D eigenvalue weighted by Gasteiger charge is 2.15. The van der Waals surface area contributed by atoms with Crippen LogP contribution in [0.4, 0.5) is 11.4 Å². The van der Waals surface area contributed by atoms with Gasteiger partial charge in [0, 0.05) is 19.4 Å². The van der Waals surface area contributed by atoms with E-state index in [0.717, 1.165) is 0 Å². The Bertz CT molecular complexity index is 628. The molecule has 5 N–H and O–H groups in total. The summed E-state index contributed by atoms with van der Waals surface area (Å²) in [5.74, 6) is -1.07. The van der Waals surface area contributed by atoms with Gasteiger partial charge in [-0.05, 0) is 0 Å². The standard InChI is InChI=1S/C10H13N7O2/c1-16-4-7(9(15-16)10(12)19)14-8(18)5-17-3-6(11)2-13-17/h2-4H,5,11H2,1H3,(H2,12,19)(H,14,18). The molecule has 0 saturated heterocycles. The highest BCUT2D eigenvalue weighted by molar-refractivity contribution is 6.01. The number of aryl methyl sites for hydroxylation is 1. The Morgan fingerprint density at radius 2 is 2.16 bits per heavy atom. The normalized spacial score (nSPS) is 10.4. The molecule has 0 bridgehead atoms. The molecule has 0 atom stereocenters. The number of hydrogen-bond acceptors (Lipinski definition) is 5. The summed E-state index contributed by atoms with van der Waals surface area (Å²) in [6, 6.07) is 0.